The van der Waals surface area contributed by atoms with Crippen LogP contribution >= 0.6 is 0 Å². The van der Waals surface area contributed by atoms with Gasteiger partial charge in [-0.15, -0.1) is 0 Å². The van der Waals surface area contributed by atoms with Gasteiger partial charge in [0.25, 0.3) is 0 Å². The number of carbonyl (C=O) groups excluding carboxylic acids is 1. The topological polar surface area (TPSA) is 54.0 Å². The Hall–Kier alpha value is -1.58. The van der Waals surface area contributed by atoms with Crippen LogP contribution in [0.5, 0.6) is 0 Å². The molecule has 0 radical (unpaired) electrons. The maximum absolute atomic E-state index is 11.7. The molecule has 0 fully saturated rings. The summed E-state index contributed by atoms with van der Waals surface area (Å²) in [4.78, 5) is 15.9. The third kappa shape index (κ3) is 3.23. The highest BCUT2D eigenvalue weighted by Gasteiger charge is 2.21. The van der Waals surface area contributed by atoms with Gasteiger partial charge >= 0.3 is 0 Å². The van der Waals surface area contributed by atoms with E-state index >= 15 is 0 Å². The van der Waals surface area contributed by atoms with E-state index in [1.54, 1.807) is 13.1 Å². The molecule has 0 aliphatic heterocycles. The molecule has 0 atom stereocenters. The number of pyridine rings is 1. The van der Waals surface area contributed by atoms with Crippen LogP contribution in [0.15, 0.2) is 18.2 Å². The highest BCUT2D eigenvalue weighted by molar-refractivity contribution is 5.93. The van der Waals surface area contributed by atoms with E-state index in [2.05, 4.69) is 15.6 Å². The average Bonchev–Trinajstić information content (AvgIpc) is 2.16. The Kier molecular flexibility index (Phi) is 3.29. The molecule has 0 aliphatic carbocycles. The first-order valence-corrected chi connectivity index (χ1v) is 4.90. The molecular weight excluding hydrogens is 190 g/mol. The lowest BCUT2D eigenvalue weighted by atomic mass is 9.96. The number of anilines is 2. The molecule has 0 saturated heterocycles. The van der Waals surface area contributed by atoms with Gasteiger partial charge in [-0.05, 0) is 12.1 Å². The highest BCUT2D eigenvalue weighted by atomic mass is 16.2. The van der Waals surface area contributed by atoms with Gasteiger partial charge in [0.2, 0.25) is 5.91 Å². The van der Waals surface area contributed by atoms with E-state index < -0.39 is 5.41 Å². The molecule has 4 nitrogen and oxygen atoms in total. The Morgan fingerprint density at radius 2 is 1.87 bits per heavy atom. The van der Waals surface area contributed by atoms with E-state index in [4.69, 9.17) is 0 Å². The van der Waals surface area contributed by atoms with Crippen molar-refractivity contribution in [2.24, 2.45) is 5.41 Å². The van der Waals surface area contributed by atoms with Gasteiger partial charge in [-0.2, -0.15) is 0 Å². The SMILES string of the molecule is CNc1cccc(NC(=O)C(C)(C)C)n1. The first kappa shape index (κ1) is 11.5. The fourth-order valence-electron chi connectivity index (χ4n) is 0.947. The van der Waals surface area contributed by atoms with E-state index in [1.807, 2.05) is 32.9 Å². The van der Waals surface area contributed by atoms with Gasteiger partial charge in [-0.25, -0.2) is 4.98 Å². The Bertz CT molecular complexity index is 355. The Labute approximate surface area is 90.1 Å². The molecule has 0 bridgehead atoms. The highest BCUT2D eigenvalue weighted by Crippen LogP contribution is 2.16. The number of amides is 1. The molecule has 82 valence electrons. The summed E-state index contributed by atoms with van der Waals surface area (Å²) in [5.74, 6) is 1.27. The minimum Gasteiger partial charge on any atom is -0.373 e. The molecule has 1 amide bonds. The van der Waals surface area contributed by atoms with Crippen molar-refractivity contribution in [2.75, 3.05) is 17.7 Å². The number of hydrogen-bond acceptors (Lipinski definition) is 3. The van der Waals surface area contributed by atoms with Crippen molar-refractivity contribution in [3.63, 3.8) is 0 Å². The van der Waals surface area contributed by atoms with Crippen LogP contribution in [-0.4, -0.2) is 17.9 Å². The van der Waals surface area contributed by atoms with Crippen molar-refractivity contribution in [1.29, 1.82) is 0 Å². The summed E-state index contributed by atoms with van der Waals surface area (Å²) in [7, 11) is 1.79. The zero-order chi connectivity index (χ0) is 11.5. The second-order valence-corrected chi connectivity index (χ2v) is 4.36. The van der Waals surface area contributed by atoms with Gasteiger partial charge < -0.3 is 10.6 Å². The summed E-state index contributed by atoms with van der Waals surface area (Å²) >= 11 is 0. The van der Waals surface area contributed by atoms with Gasteiger partial charge in [0.05, 0.1) is 0 Å². The van der Waals surface area contributed by atoms with Gasteiger partial charge in [-0.3, -0.25) is 4.79 Å². The lowest BCUT2D eigenvalue weighted by molar-refractivity contribution is -0.123. The fourth-order valence-corrected chi connectivity index (χ4v) is 0.947. The quantitative estimate of drug-likeness (QED) is 0.781. The number of nitrogens with zero attached hydrogens (tertiary/aromatic N) is 1. The summed E-state index contributed by atoms with van der Waals surface area (Å²) in [6.07, 6.45) is 0. The number of hydrogen-bond donors (Lipinski definition) is 2. The molecule has 0 aromatic carbocycles. The maximum Gasteiger partial charge on any atom is 0.230 e. The first-order valence-electron chi connectivity index (χ1n) is 4.90. The molecule has 0 unspecified atom stereocenters. The summed E-state index contributed by atoms with van der Waals surface area (Å²) in [6, 6.07) is 5.45. The summed E-state index contributed by atoms with van der Waals surface area (Å²) in [5.41, 5.74) is -0.405. The lowest BCUT2D eigenvalue weighted by Gasteiger charge is -2.17. The van der Waals surface area contributed by atoms with Crippen molar-refractivity contribution in [3.05, 3.63) is 18.2 Å². The van der Waals surface area contributed by atoms with Crippen molar-refractivity contribution < 1.29 is 4.79 Å². The van der Waals surface area contributed by atoms with Crippen LogP contribution in [0.1, 0.15) is 20.8 Å². The van der Waals surface area contributed by atoms with Crippen LogP contribution in [-0.2, 0) is 4.79 Å². The first-order chi connectivity index (χ1) is 6.93. The van der Waals surface area contributed by atoms with Gasteiger partial charge in [0.15, 0.2) is 0 Å². The van der Waals surface area contributed by atoms with Crippen LogP contribution < -0.4 is 10.6 Å². The number of carbonyl (C=O) groups is 1. The van der Waals surface area contributed by atoms with Crippen molar-refractivity contribution in [3.8, 4) is 0 Å². The summed E-state index contributed by atoms with van der Waals surface area (Å²) in [6.45, 7) is 5.60. The van der Waals surface area contributed by atoms with Crippen LogP contribution in [0, 0.1) is 5.41 Å². The molecule has 2 N–H and O–H groups in total. The van der Waals surface area contributed by atoms with Crippen molar-refractivity contribution >= 4 is 17.5 Å². The normalized spacial score (nSPS) is 10.9. The molecule has 0 aliphatic rings. The molecule has 15 heavy (non-hydrogen) atoms. The molecule has 1 aromatic heterocycles. The minimum absolute atomic E-state index is 0.0387. The third-order valence-electron chi connectivity index (χ3n) is 1.93. The molecule has 0 saturated carbocycles. The van der Waals surface area contributed by atoms with Gasteiger partial charge in [0, 0.05) is 12.5 Å². The minimum atomic E-state index is -0.405. The summed E-state index contributed by atoms with van der Waals surface area (Å²) in [5, 5.41) is 5.68. The molecule has 1 aromatic rings. The predicted octanol–water partition coefficient (Wildman–Crippen LogP) is 2.11. The van der Waals surface area contributed by atoms with E-state index in [0.717, 1.165) is 5.82 Å². The fraction of sp³-hybridized carbons (Fsp3) is 0.455. The van der Waals surface area contributed by atoms with E-state index in [-0.39, 0.29) is 5.91 Å². The second-order valence-electron chi connectivity index (χ2n) is 4.36. The van der Waals surface area contributed by atoms with Crippen molar-refractivity contribution in [2.45, 2.75) is 20.8 Å². The number of aromatic nitrogens is 1. The average molecular weight is 207 g/mol. The Morgan fingerprint density at radius 1 is 1.27 bits per heavy atom. The Morgan fingerprint density at radius 3 is 2.40 bits per heavy atom. The monoisotopic (exact) mass is 207 g/mol. The van der Waals surface area contributed by atoms with E-state index in [1.165, 1.54) is 0 Å². The molecule has 0 spiro atoms. The van der Waals surface area contributed by atoms with Crippen LogP contribution in [0.2, 0.25) is 0 Å². The molecule has 1 heterocycles. The predicted molar refractivity (Wildman–Crippen MR) is 61.9 cm³/mol. The third-order valence-corrected chi connectivity index (χ3v) is 1.93. The van der Waals surface area contributed by atoms with Crippen LogP contribution in [0.3, 0.4) is 0 Å². The number of nitrogens with one attached hydrogen (secondary N) is 2. The van der Waals surface area contributed by atoms with E-state index in [0.29, 0.717) is 5.82 Å². The standard InChI is InChI=1S/C11H17N3O/c1-11(2,3)10(15)14-9-7-5-6-8(12-4)13-9/h5-7H,1-4H3,(H2,12,13,14,15). The maximum atomic E-state index is 11.7. The summed E-state index contributed by atoms with van der Waals surface area (Å²) < 4.78 is 0. The van der Waals surface area contributed by atoms with Gasteiger partial charge in [-0.1, -0.05) is 26.8 Å². The molecular formula is C11H17N3O. The zero-order valence-electron chi connectivity index (χ0n) is 9.59. The molecule has 4 heteroatoms. The zero-order valence-corrected chi connectivity index (χ0v) is 9.59. The second kappa shape index (κ2) is 4.29. The van der Waals surface area contributed by atoms with Crippen LogP contribution in [0.4, 0.5) is 11.6 Å². The largest absolute Gasteiger partial charge is 0.373 e. The molecule has 1 rings (SSSR count). The van der Waals surface area contributed by atoms with E-state index in [9.17, 15) is 4.79 Å². The smallest absolute Gasteiger partial charge is 0.230 e. The lowest BCUT2D eigenvalue weighted by Crippen LogP contribution is -2.28. The Balaban J connectivity index is 2.77. The van der Waals surface area contributed by atoms with Crippen LogP contribution in [0.25, 0.3) is 0 Å². The van der Waals surface area contributed by atoms with Crippen molar-refractivity contribution in [1.82, 2.24) is 4.98 Å². The van der Waals surface area contributed by atoms with Gasteiger partial charge in [0.1, 0.15) is 11.6 Å². The number of rotatable bonds is 2.